The predicted molar refractivity (Wildman–Crippen MR) is 94.2 cm³/mol. The number of hydrogen-bond acceptors (Lipinski definition) is 6. The van der Waals surface area contributed by atoms with Gasteiger partial charge in [-0.05, 0) is 17.7 Å². The van der Waals surface area contributed by atoms with Crippen LogP contribution in [0.1, 0.15) is 17.0 Å². The Hall–Kier alpha value is -3.68. The standard InChI is InChI=1S/C18H17N5O3/c19-17(23-25)13-6-8-14(9-7-13)18-22-21-16(26-18)10-15(24)20-11-12-4-2-1-3-5-12/h1-9,25H,10-11H2,(H2,19,23)(H,20,24). The van der Waals surface area contributed by atoms with Crippen LogP contribution in [0.2, 0.25) is 0 Å². The molecule has 8 nitrogen and oxygen atoms in total. The Morgan fingerprint density at radius 1 is 1.12 bits per heavy atom. The minimum atomic E-state index is -0.202. The lowest BCUT2D eigenvalue weighted by Crippen LogP contribution is -2.24. The number of amides is 1. The first-order valence-corrected chi connectivity index (χ1v) is 7.87. The van der Waals surface area contributed by atoms with Gasteiger partial charge < -0.3 is 20.7 Å². The third kappa shape index (κ3) is 4.23. The summed E-state index contributed by atoms with van der Waals surface area (Å²) < 4.78 is 5.53. The van der Waals surface area contributed by atoms with Crippen LogP contribution >= 0.6 is 0 Å². The van der Waals surface area contributed by atoms with E-state index in [0.29, 0.717) is 23.6 Å². The zero-order valence-electron chi connectivity index (χ0n) is 13.8. The number of amidine groups is 1. The van der Waals surface area contributed by atoms with Gasteiger partial charge in [0.1, 0.15) is 6.42 Å². The summed E-state index contributed by atoms with van der Waals surface area (Å²) in [6.07, 6.45) is 0.00202. The summed E-state index contributed by atoms with van der Waals surface area (Å²) in [7, 11) is 0. The number of oxime groups is 1. The van der Waals surface area contributed by atoms with Crippen molar-refractivity contribution in [1.82, 2.24) is 15.5 Å². The van der Waals surface area contributed by atoms with Crippen LogP contribution in [0.3, 0.4) is 0 Å². The molecule has 0 spiro atoms. The first kappa shape index (κ1) is 17.2. The molecule has 0 aliphatic rings. The van der Waals surface area contributed by atoms with Gasteiger partial charge in [-0.15, -0.1) is 10.2 Å². The zero-order chi connectivity index (χ0) is 18.4. The molecule has 1 heterocycles. The van der Waals surface area contributed by atoms with Gasteiger partial charge in [0, 0.05) is 17.7 Å². The monoisotopic (exact) mass is 351 g/mol. The summed E-state index contributed by atoms with van der Waals surface area (Å²) in [6, 6.07) is 16.4. The molecular weight excluding hydrogens is 334 g/mol. The van der Waals surface area contributed by atoms with Gasteiger partial charge in [-0.1, -0.05) is 47.6 Å². The number of aromatic nitrogens is 2. The number of rotatable bonds is 6. The first-order chi connectivity index (χ1) is 12.7. The highest BCUT2D eigenvalue weighted by molar-refractivity contribution is 5.97. The normalized spacial score (nSPS) is 11.3. The summed E-state index contributed by atoms with van der Waals surface area (Å²) in [4.78, 5) is 12.0. The van der Waals surface area contributed by atoms with E-state index in [-0.39, 0.29) is 24.1 Å². The number of hydrogen-bond donors (Lipinski definition) is 3. The lowest BCUT2D eigenvalue weighted by Gasteiger charge is -2.03. The van der Waals surface area contributed by atoms with Crippen molar-refractivity contribution in [1.29, 1.82) is 0 Å². The Labute approximate surface area is 149 Å². The molecule has 0 aliphatic heterocycles. The van der Waals surface area contributed by atoms with Crippen molar-refractivity contribution in [3.63, 3.8) is 0 Å². The zero-order valence-corrected chi connectivity index (χ0v) is 13.8. The maximum absolute atomic E-state index is 12.0. The fourth-order valence-corrected chi connectivity index (χ4v) is 2.28. The molecule has 4 N–H and O–H groups in total. The van der Waals surface area contributed by atoms with E-state index in [0.717, 1.165) is 5.56 Å². The van der Waals surface area contributed by atoms with E-state index in [9.17, 15) is 4.79 Å². The van der Waals surface area contributed by atoms with Crippen LogP contribution in [0, 0.1) is 0 Å². The van der Waals surface area contributed by atoms with Crippen molar-refractivity contribution >= 4 is 11.7 Å². The molecule has 0 atom stereocenters. The van der Waals surface area contributed by atoms with Crippen molar-refractivity contribution in [2.24, 2.45) is 10.9 Å². The number of carbonyl (C=O) groups is 1. The molecule has 0 aliphatic carbocycles. The molecule has 0 fully saturated rings. The average Bonchev–Trinajstić information content (AvgIpc) is 3.15. The van der Waals surface area contributed by atoms with Crippen LogP contribution in [0.15, 0.2) is 64.2 Å². The van der Waals surface area contributed by atoms with Gasteiger partial charge in [0.25, 0.3) is 0 Å². The molecule has 0 unspecified atom stereocenters. The van der Waals surface area contributed by atoms with Crippen molar-refractivity contribution in [3.8, 4) is 11.5 Å². The molecule has 0 saturated heterocycles. The van der Waals surface area contributed by atoms with Crippen LogP contribution in [0.25, 0.3) is 11.5 Å². The Balaban J connectivity index is 1.60. The molecule has 0 bridgehead atoms. The largest absolute Gasteiger partial charge is 0.420 e. The highest BCUT2D eigenvalue weighted by atomic mass is 16.4. The van der Waals surface area contributed by atoms with Gasteiger partial charge in [-0.25, -0.2) is 0 Å². The van der Waals surface area contributed by atoms with E-state index in [2.05, 4.69) is 20.7 Å². The molecular formula is C18H17N5O3. The minimum Gasteiger partial charge on any atom is -0.420 e. The first-order valence-electron chi connectivity index (χ1n) is 7.87. The quantitative estimate of drug-likeness (QED) is 0.268. The van der Waals surface area contributed by atoms with E-state index in [1.165, 1.54) is 0 Å². The number of benzene rings is 2. The van der Waals surface area contributed by atoms with Crippen molar-refractivity contribution in [2.45, 2.75) is 13.0 Å². The second-order valence-electron chi connectivity index (χ2n) is 5.50. The summed E-state index contributed by atoms with van der Waals surface area (Å²) >= 11 is 0. The number of nitrogens with two attached hydrogens (primary N) is 1. The second-order valence-corrected chi connectivity index (χ2v) is 5.50. The molecule has 26 heavy (non-hydrogen) atoms. The van der Waals surface area contributed by atoms with Crippen LogP contribution < -0.4 is 11.1 Å². The van der Waals surface area contributed by atoms with E-state index >= 15 is 0 Å². The minimum absolute atomic E-state index is 0.00202. The van der Waals surface area contributed by atoms with Gasteiger partial charge in [-0.3, -0.25) is 4.79 Å². The highest BCUT2D eigenvalue weighted by Crippen LogP contribution is 2.18. The maximum atomic E-state index is 12.0. The molecule has 3 aromatic rings. The van der Waals surface area contributed by atoms with E-state index in [1.807, 2.05) is 30.3 Å². The van der Waals surface area contributed by atoms with Gasteiger partial charge in [0.2, 0.25) is 17.7 Å². The second kappa shape index (κ2) is 7.93. The average molecular weight is 351 g/mol. The summed E-state index contributed by atoms with van der Waals surface area (Å²) in [5.41, 5.74) is 7.76. The van der Waals surface area contributed by atoms with Gasteiger partial charge >= 0.3 is 0 Å². The lowest BCUT2D eigenvalue weighted by molar-refractivity contribution is -0.120. The van der Waals surface area contributed by atoms with Gasteiger partial charge in [-0.2, -0.15) is 0 Å². The number of carbonyl (C=O) groups excluding carboxylic acids is 1. The Morgan fingerprint density at radius 3 is 2.54 bits per heavy atom. The van der Waals surface area contributed by atoms with Gasteiger partial charge in [0.15, 0.2) is 5.84 Å². The Kier molecular flexibility index (Phi) is 5.23. The van der Waals surface area contributed by atoms with E-state index < -0.39 is 0 Å². The maximum Gasteiger partial charge on any atom is 0.247 e. The third-order valence-electron chi connectivity index (χ3n) is 3.65. The van der Waals surface area contributed by atoms with Crippen molar-refractivity contribution in [3.05, 3.63) is 71.6 Å². The SMILES string of the molecule is N/C(=N\O)c1ccc(-c2nnc(CC(=O)NCc3ccccc3)o2)cc1. The number of nitrogens with zero attached hydrogens (tertiary/aromatic N) is 3. The van der Waals surface area contributed by atoms with Crippen LogP contribution in [0.4, 0.5) is 0 Å². The van der Waals surface area contributed by atoms with Crippen molar-refractivity contribution in [2.75, 3.05) is 0 Å². The van der Waals surface area contributed by atoms with Crippen LogP contribution in [-0.2, 0) is 17.8 Å². The Morgan fingerprint density at radius 2 is 1.85 bits per heavy atom. The molecule has 1 amide bonds. The smallest absolute Gasteiger partial charge is 0.247 e. The molecule has 8 heteroatoms. The molecule has 3 rings (SSSR count). The van der Waals surface area contributed by atoms with E-state index in [4.69, 9.17) is 15.4 Å². The molecule has 132 valence electrons. The summed E-state index contributed by atoms with van der Waals surface area (Å²) in [5, 5.41) is 22.2. The lowest BCUT2D eigenvalue weighted by atomic mass is 10.1. The molecule has 0 saturated carbocycles. The van der Waals surface area contributed by atoms with E-state index in [1.54, 1.807) is 24.3 Å². The van der Waals surface area contributed by atoms with Crippen LogP contribution in [0.5, 0.6) is 0 Å². The van der Waals surface area contributed by atoms with Gasteiger partial charge in [0.05, 0.1) is 0 Å². The Bertz CT molecular complexity index is 904. The van der Waals surface area contributed by atoms with Crippen LogP contribution in [-0.4, -0.2) is 27.1 Å². The van der Waals surface area contributed by atoms with Crippen molar-refractivity contribution < 1.29 is 14.4 Å². The number of nitrogens with one attached hydrogen (secondary N) is 1. The third-order valence-corrected chi connectivity index (χ3v) is 3.65. The fourth-order valence-electron chi connectivity index (χ4n) is 2.28. The molecule has 0 radical (unpaired) electrons. The molecule has 2 aromatic carbocycles. The summed E-state index contributed by atoms with van der Waals surface area (Å²) in [5.74, 6) is 0.331. The predicted octanol–water partition coefficient (Wildman–Crippen LogP) is 1.69. The summed E-state index contributed by atoms with van der Waals surface area (Å²) in [6.45, 7) is 0.440. The highest BCUT2D eigenvalue weighted by Gasteiger charge is 2.12. The fraction of sp³-hybridized carbons (Fsp3) is 0.111. The molecule has 1 aromatic heterocycles. The topological polar surface area (TPSA) is 127 Å².